The van der Waals surface area contributed by atoms with Crippen LogP contribution >= 0.6 is 0 Å². The second-order valence-electron chi connectivity index (χ2n) is 6.59. The van der Waals surface area contributed by atoms with Gasteiger partial charge in [0.1, 0.15) is 5.82 Å². The van der Waals surface area contributed by atoms with E-state index in [1.54, 1.807) is 20.0 Å². The molecule has 1 aromatic carbocycles. The Balaban J connectivity index is 1.67. The van der Waals surface area contributed by atoms with Gasteiger partial charge in [-0.15, -0.1) is 0 Å². The molecular weight excluding hydrogens is 319 g/mol. The summed E-state index contributed by atoms with van der Waals surface area (Å²) >= 11 is 0. The van der Waals surface area contributed by atoms with Gasteiger partial charge in [-0.1, -0.05) is 31.4 Å². The zero-order chi connectivity index (χ0) is 18.1. The molecule has 0 radical (unpaired) electrons. The van der Waals surface area contributed by atoms with Gasteiger partial charge >= 0.3 is 0 Å². The maximum atomic E-state index is 13.6. The minimum atomic E-state index is -0.207. The van der Waals surface area contributed by atoms with Crippen LogP contribution in [0.2, 0.25) is 0 Å². The van der Waals surface area contributed by atoms with Crippen molar-refractivity contribution in [3.63, 3.8) is 0 Å². The van der Waals surface area contributed by atoms with Gasteiger partial charge < -0.3 is 16.0 Å². The van der Waals surface area contributed by atoms with E-state index in [2.05, 4.69) is 20.9 Å². The molecule has 5 nitrogen and oxygen atoms in total. The first-order chi connectivity index (χ1) is 12.1. The number of benzene rings is 1. The molecule has 0 aliphatic heterocycles. The second-order valence-corrected chi connectivity index (χ2v) is 6.59. The number of aryl methyl sites for hydroxylation is 1. The van der Waals surface area contributed by atoms with Crippen LogP contribution in [0, 0.1) is 12.7 Å². The van der Waals surface area contributed by atoms with Crippen LogP contribution < -0.4 is 16.0 Å². The molecule has 1 saturated carbocycles. The van der Waals surface area contributed by atoms with E-state index in [1.165, 1.54) is 25.3 Å². The zero-order valence-electron chi connectivity index (χ0n) is 15.2. The molecule has 0 bridgehead atoms. The highest BCUT2D eigenvalue weighted by Gasteiger charge is 2.15. The summed E-state index contributed by atoms with van der Waals surface area (Å²) in [6.07, 6.45) is 6.29. The van der Waals surface area contributed by atoms with Gasteiger partial charge in [0.15, 0.2) is 5.96 Å². The summed E-state index contributed by atoms with van der Waals surface area (Å²) in [5.74, 6) is 0.475. The third-order valence-corrected chi connectivity index (χ3v) is 4.53. The molecule has 1 aliphatic rings. The van der Waals surface area contributed by atoms with Gasteiger partial charge in [0.05, 0.1) is 0 Å². The molecule has 1 amide bonds. The van der Waals surface area contributed by atoms with E-state index < -0.39 is 0 Å². The molecule has 0 heterocycles. The summed E-state index contributed by atoms with van der Waals surface area (Å²) in [6.45, 7) is 2.73. The topological polar surface area (TPSA) is 65.5 Å². The summed E-state index contributed by atoms with van der Waals surface area (Å²) in [7, 11) is 1.67. The lowest BCUT2D eigenvalue weighted by atomic mass is 9.95. The zero-order valence-corrected chi connectivity index (χ0v) is 15.2. The van der Waals surface area contributed by atoms with Crippen molar-refractivity contribution in [1.29, 1.82) is 0 Å². The van der Waals surface area contributed by atoms with Gasteiger partial charge in [0.2, 0.25) is 5.91 Å². The average molecular weight is 348 g/mol. The SMILES string of the molecule is CN=C(NCCC(=O)NC1CCCCC1)NCc1ccc(C)c(F)c1. The van der Waals surface area contributed by atoms with Crippen LogP contribution in [-0.4, -0.2) is 31.5 Å². The monoisotopic (exact) mass is 348 g/mol. The van der Waals surface area contributed by atoms with Crippen molar-refractivity contribution in [2.45, 2.75) is 58.0 Å². The molecule has 1 aromatic rings. The van der Waals surface area contributed by atoms with Crippen LogP contribution in [0.3, 0.4) is 0 Å². The van der Waals surface area contributed by atoms with Gasteiger partial charge in [-0.05, 0) is 37.0 Å². The molecule has 0 aromatic heterocycles. The van der Waals surface area contributed by atoms with Crippen LogP contribution in [0.4, 0.5) is 4.39 Å². The molecule has 3 N–H and O–H groups in total. The smallest absolute Gasteiger partial charge is 0.221 e. The molecule has 0 saturated heterocycles. The molecule has 1 fully saturated rings. The lowest BCUT2D eigenvalue weighted by molar-refractivity contribution is -0.121. The van der Waals surface area contributed by atoms with Gasteiger partial charge in [0.25, 0.3) is 0 Å². The summed E-state index contributed by atoms with van der Waals surface area (Å²) in [4.78, 5) is 16.1. The molecule has 0 atom stereocenters. The lowest BCUT2D eigenvalue weighted by Gasteiger charge is -2.22. The normalized spacial score (nSPS) is 15.7. The molecule has 2 rings (SSSR count). The molecule has 0 unspecified atom stereocenters. The van der Waals surface area contributed by atoms with E-state index in [0.29, 0.717) is 37.1 Å². The number of aliphatic imine (C=N–C) groups is 1. The predicted octanol–water partition coefficient (Wildman–Crippen LogP) is 2.64. The van der Waals surface area contributed by atoms with E-state index in [4.69, 9.17) is 0 Å². The number of hydrogen-bond acceptors (Lipinski definition) is 2. The fraction of sp³-hybridized carbons (Fsp3) is 0.579. The number of nitrogens with zero attached hydrogens (tertiary/aromatic N) is 1. The molecule has 138 valence electrons. The quantitative estimate of drug-likeness (QED) is 0.547. The summed E-state index contributed by atoms with van der Waals surface area (Å²) in [6, 6.07) is 5.51. The highest BCUT2D eigenvalue weighted by molar-refractivity contribution is 5.81. The van der Waals surface area contributed by atoms with Gasteiger partial charge in [-0.3, -0.25) is 9.79 Å². The minimum Gasteiger partial charge on any atom is -0.356 e. The van der Waals surface area contributed by atoms with E-state index in [1.807, 2.05) is 6.07 Å². The van der Waals surface area contributed by atoms with Crippen LogP contribution in [0.25, 0.3) is 0 Å². The Labute approximate surface area is 149 Å². The molecule has 6 heteroatoms. The van der Waals surface area contributed by atoms with E-state index in [9.17, 15) is 9.18 Å². The Morgan fingerprint density at radius 1 is 1.24 bits per heavy atom. The number of amides is 1. The number of rotatable bonds is 6. The number of carbonyl (C=O) groups excluding carboxylic acids is 1. The molecule has 25 heavy (non-hydrogen) atoms. The third kappa shape index (κ3) is 6.72. The Hall–Kier alpha value is -2.11. The van der Waals surface area contributed by atoms with Gasteiger partial charge in [0, 0.05) is 32.6 Å². The first kappa shape index (κ1) is 19.2. The van der Waals surface area contributed by atoms with Crippen LogP contribution in [-0.2, 0) is 11.3 Å². The van der Waals surface area contributed by atoms with Crippen molar-refractivity contribution in [2.75, 3.05) is 13.6 Å². The van der Waals surface area contributed by atoms with Crippen LogP contribution in [0.5, 0.6) is 0 Å². The summed E-state index contributed by atoms with van der Waals surface area (Å²) in [5.41, 5.74) is 1.48. The second kappa shape index (κ2) is 10.0. The van der Waals surface area contributed by atoms with Crippen molar-refractivity contribution in [3.8, 4) is 0 Å². The number of guanidine groups is 1. The Bertz CT molecular complexity index is 597. The lowest BCUT2D eigenvalue weighted by Crippen LogP contribution is -2.41. The highest BCUT2D eigenvalue weighted by Crippen LogP contribution is 2.17. The number of hydrogen-bond donors (Lipinski definition) is 3. The van der Waals surface area contributed by atoms with Crippen LogP contribution in [0.15, 0.2) is 23.2 Å². The van der Waals surface area contributed by atoms with Crippen molar-refractivity contribution in [1.82, 2.24) is 16.0 Å². The minimum absolute atomic E-state index is 0.0791. The van der Waals surface area contributed by atoms with Crippen molar-refractivity contribution in [3.05, 3.63) is 35.1 Å². The van der Waals surface area contributed by atoms with E-state index in [0.717, 1.165) is 18.4 Å². The largest absolute Gasteiger partial charge is 0.356 e. The number of halogens is 1. The molecular formula is C19H29FN4O. The van der Waals surface area contributed by atoms with Gasteiger partial charge in [-0.25, -0.2) is 4.39 Å². The first-order valence-corrected chi connectivity index (χ1v) is 9.07. The molecule has 1 aliphatic carbocycles. The highest BCUT2D eigenvalue weighted by atomic mass is 19.1. The summed E-state index contributed by atoms with van der Waals surface area (Å²) in [5, 5.41) is 9.35. The van der Waals surface area contributed by atoms with E-state index >= 15 is 0 Å². The standard InChI is InChI=1S/C19H29FN4O/c1-14-8-9-15(12-17(14)20)13-23-19(21-2)22-11-10-18(25)24-16-6-4-3-5-7-16/h8-9,12,16H,3-7,10-11,13H2,1-2H3,(H,24,25)(H2,21,22,23). The number of nitrogens with one attached hydrogen (secondary N) is 3. The number of carbonyl (C=O) groups is 1. The van der Waals surface area contributed by atoms with Crippen molar-refractivity contribution < 1.29 is 9.18 Å². The maximum absolute atomic E-state index is 13.6. The summed E-state index contributed by atoms with van der Waals surface area (Å²) < 4.78 is 13.6. The van der Waals surface area contributed by atoms with Crippen LogP contribution in [0.1, 0.15) is 49.7 Å². The Kier molecular flexibility index (Phi) is 7.70. The van der Waals surface area contributed by atoms with E-state index in [-0.39, 0.29) is 11.7 Å². The van der Waals surface area contributed by atoms with Gasteiger partial charge in [-0.2, -0.15) is 0 Å². The van der Waals surface area contributed by atoms with Crippen molar-refractivity contribution >= 4 is 11.9 Å². The third-order valence-electron chi connectivity index (χ3n) is 4.53. The fourth-order valence-electron chi connectivity index (χ4n) is 2.99. The molecule has 0 spiro atoms. The first-order valence-electron chi connectivity index (χ1n) is 9.07. The fourth-order valence-corrected chi connectivity index (χ4v) is 2.99. The average Bonchev–Trinajstić information content (AvgIpc) is 2.61. The van der Waals surface area contributed by atoms with Crippen molar-refractivity contribution in [2.24, 2.45) is 4.99 Å². The predicted molar refractivity (Wildman–Crippen MR) is 99.0 cm³/mol. The Morgan fingerprint density at radius 2 is 2.00 bits per heavy atom. The Morgan fingerprint density at radius 3 is 2.68 bits per heavy atom. The maximum Gasteiger partial charge on any atom is 0.221 e.